The number of nitro groups is 1. The zero-order chi connectivity index (χ0) is 15.6. The minimum Gasteiger partial charge on any atom is -0.377 e. The van der Waals surface area contributed by atoms with Crippen LogP contribution in [0.2, 0.25) is 0 Å². The predicted octanol–water partition coefficient (Wildman–Crippen LogP) is 2.29. The standard InChI is InChI=1S/C14H17FN2O4/c1-3-10-8-21-5-4-16(10)14(18)12-7-11(17(19)20)6-9(2)13(12)15/h6-7,10H,3-5,8H2,1-2H3. The highest BCUT2D eigenvalue weighted by Crippen LogP contribution is 2.24. The highest BCUT2D eigenvalue weighted by Gasteiger charge is 2.30. The molecule has 0 N–H and O–H groups in total. The summed E-state index contributed by atoms with van der Waals surface area (Å²) in [4.78, 5) is 24.3. The molecule has 1 atom stereocenters. The Bertz CT molecular complexity index is 576. The van der Waals surface area contributed by atoms with E-state index in [1.54, 1.807) is 0 Å². The van der Waals surface area contributed by atoms with Crippen LogP contribution < -0.4 is 0 Å². The lowest BCUT2D eigenvalue weighted by Gasteiger charge is -2.35. The van der Waals surface area contributed by atoms with Crippen molar-refractivity contribution in [1.29, 1.82) is 0 Å². The fourth-order valence-corrected chi connectivity index (χ4v) is 2.43. The minimum absolute atomic E-state index is 0.0915. The number of carbonyl (C=O) groups is 1. The third-order valence-corrected chi connectivity index (χ3v) is 3.64. The lowest BCUT2D eigenvalue weighted by molar-refractivity contribution is -0.385. The van der Waals surface area contributed by atoms with Crippen LogP contribution in [0.5, 0.6) is 0 Å². The minimum atomic E-state index is -0.702. The summed E-state index contributed by atoms with van der Waals surface area (Å²) >= 11 is 0. The molecule has 1 aromatic carbocycles. The van der Waals surface area contributed by atoms with Crippen LogP contribution in [0.15, 0.2) is 12.1 Å². The van der Waals surface area contributed by atoms with Crippen LogP contribution in [-0.2, 0) is 4.74 Å². The zero-order valence-electron chi connectivity index (χ0n) is 12.0. The molecule has 1 heterocycles. The number of rotatable bonds is 3. The summed E-state index contributed by atoms with van der Waals surface area (Å²) in [6.07, 6.45) is 0.682. The third-order valence-electron chi connectivity index (χ3n) is 3.64. The van der Waals surface area contributed by atoms with Gasteiger partial charge < -0.3 is 9.64 Å². The van der Waals surface area contributed by atoms with Crippen LogP contribution >= 0.6 is 0 Å². The van der Waals surface area contributed by atoms with Crippen molar-refractivity contribution in [3.63, 3.8) is 0 Å². The number of carbonyl (C=O) groups excluding carboxylic acids is 1. The number of amides is 1. The summed E-state index contributed by atoms with van der Waals surface area (Å²) in [5.74, 6) is -1.22. The Morgan fingerprint density at radius 2 is 2.29 bits per heavy atom. The first kappa shape index (κ1) is 15.4. The molecule has 7 heteroatoms. The Morgan fingerprint density at radius 3 is 2.90 bits per heavy atom. The van der Waals surface area contributed by atoms with E-state index in [0.717, 1.165) is 12.1 Å². The van der Waals surface area contributed by atoms with Crippen molar-refractivity contribution >= 4 is 11.6 Å². The smallest absolute Gasteiger partial charge is 0.270 e. The Balaban J connectivity index is 2.40. The SMILES string of the molecule is CCC1COCCN1C(=O)c1cc([N+](=O)[O-])cc(C)c1F. The first-order valence-corrected chi connectivity index (χ1v) is 6.79. The third kappa shape index (κ3) is 3.02. The summed E-state index contributed by atoms with van der Waals surface area (Å²) in [5, 5.41) is 10.9. The topological polar surface area (TPSA) is 72.7 Å². The monoisotopic (exact) mass is 296 g/mol. The summed E-state index contributed by atoms with van der Waals surface area (Å²) in [6.45, 7) is 4.47. The van der Waals surface area contributed by atoms with E-state index >= 15 is 0 Å². The van der Waals surface area contributed by atoms with Gasteiger partial charge in [0.05, 0.1) is 29.7 Å². The van der Waals surface area contributed by atoms with Crippen molar-refractivity contribution in [3.8, 4) is 0 Å². The number of hydrogen-bond acceptors (Lipinski definition) is 4. The number of hydrogen-bond donors (Lipinski definition) is 0. The highest BCUT2D eigenvalue weighted by molar-refractivity contribution is 5.95. The molecular formula is C14H17FN2O4. The molecule has 6 nitrogen and oxygen atoms in total. The van der Waals surface area contributed by atoms with E-state index < -0.39 is 16.6 Å². The highest BCUT2D eigenvalue weighted by atomic mass is 19.1. The van der Waals surface area contributed by atoms with Crippen molar-refractivity contribution in [2.75, 3.05) is 19.8 Å². The maximum atomic E-state index is 14.2. The number of nitrogens with zero attached hydrogens (tertiary/aromatic N) is 2. The van der Waals surface area contributed by atoms with E-state index in [1.807, 2.05) is 6.92 Å². The summed E-state index contributed by atoms with van der Waals surface area (Å²) < 4.78 is 19.5. The molecule has 1 saturated heterocycles. The Kier molecular flexibility index (Phi) is 4.52. The summed E-state index contributed by atoms with van der Waals surface area (Å²) in [6, 6.07) is 2.00. The maximum Gasteiger partial charge on any atom is 0.270 e. The number of ether oxygens (including phenoxy) is 1. The summed E-state index contributed by atoms with van der Waals surface area (Å²) in [5.41, 5.74) is -0.436. The molecule has 0 spiro atoms. The van der Waals surface area contributed by atoms with Gasteiger partial charge in [0.15, 0.2) is 0 Å². The van der Waals surface area contributed by atoms with Crippen LogP contribution in [-0.4, -0.2) is 41.5 Å². The van der Waals surface area contributed by atoms with E-state index in [2.05, 4.69) is 0 Å². The first-order chi connectivity index (χ1) is 9.95. The Hall–Kier alpha value is -2.02. The lowest BCUT2D eigenvalue weighted by atomic mass is 10.1. The van der Waals surface area contributed by atoms with E-state index in [-0.39, 0.29) is 22.9 Å². The predicted molar refractivity (Wildman–Crippen MR) is 73.7 cm³/mol. The number of non-ortho nitro benzene ring substituents is 1. The number of benzene rings is 1. The molecule has 0 saturated carbocycles. The van der Waals surface area contributed by atoms with Gasteiger partial charge in [0.25, 0.3) is 11.6 Å². The fourth-order valence-electron chi connectivity index (χ4n) is 2.43. The van der Waals surface area contributed by atoms with Crippen LogP contribution in [0.25, 0.3) is 0 Å². The quantitative estimate of drug-likeness (QED) is 0.633. The Morgan fingerprint density at radius 1 is 1.57 bits per heavy atom. The average Bonchev–Trinajstić information content (AvgIpc) is 2.48. The molecule has 0 radical (unpaired) electrons. The van der Waals surface area contributed by atoms with Gasteiger partial charge in [-0.25, -0.2) is 4.39 Å². The van der Waals surface area contributed by atoms with Crippen molar-refractivity contribution in [3.05, 3.63) is 39.2 Å². The molecule has 21 heavy (non-hydrogen) atoms. The largest absolute Gasteiger partial charge is 0.377 e. The van der Waals surface area contributed by atoms with Gasteiger partial charge in [0, 0.05) is 18.7 Å². The van der Waals surface area contributed by atoms with Crippen LogP contribution in [0, 0.1) is 22.9 Å². The van der Waals surface area contributed by atoms with Crippen LogP contribution in [0.3, 0.4) is 0 Å². The van der Waals surface area contributed by atoms with Crippen molar-refractivity contribution in [1.82, 2.24) is 4.90 Å². The van der Waals surface area contributed by atoms with Gasteiger partial charge >= 0.3 is 0 Å². The molecule has 0 bridgehead atoms. The van der Waals surface area contributed by atoms with E-state index in [4.69, 9.17) is 4.74 Å². The van der Waals surface area contributed by atoms with Gasteiger partial charge in [-0.15, -0.1) is 0 Å². The molecular weight excluding hydrogens is 279 g/mol. The maximum absolute atomic E-state index is 14.2. The van der Waals surface area contributed by atoms with E-state index in [9.17, 15) is 19.3 Å². The second-order valence-corrected chi connectivity index (χ2v) is 5.02. The van der Waals surface area contributed by atoms with Crippen molar-refractivity contribution < 1.29 is 18.8 Å². The number of morpholine rings is 1. The normalized spacial score (nSPS) is 18.6. The number of aryl methyl sites for hydroxylation is 1. The number of nitro benzene ring substituents is 1. The van der Waals surface area contributed by atoms with Gasteiger partial charge in [0.1, 0.15) is 5.82 Å². The second kappa shape index (κ2) is 6.17. The lowest BCUT2D eigenvalue weighted by Crippen LogP contribution is -2.48. The van der Waals surface area contributed by atoms with Gasteiger partial charge in [-0.2, -0.15) is 0 Å². The van der Waals surface area contributed by atoms with Gasteiger partial charge in [-0.1, -0.05) is 6.92 Å². The molecule has 0 aliphatic carbocycles. The summed E-state index contributed by atoms with van der Waals surface area (Å²) in [7, 11) is 0. The van der Waals surface area contributed by atoms with Gasteiger partial charge in [0.2, 0.25) is 0 Å². The van der Waals surface area contributed by atoms with Crippen molar-refractivity contribution in [2.45, 2.75) is 26.3 Å². The Labute approximate surface area is 121 Å². The molecule has 114 valence electrons. The molecule has 1 unspecified atom stereocenters. The molecule has 0 aromatic heterocycles. The van der Waals surface area contributed by atoms with Crippen LogP contribution in [0.1, 0.15) is 29.3 Å². The second-order valence-electron chi connectivity index (χ2n) is 5.02. The fraction of sp³-hybridized carbons (Fsp3) is 0.500. The number of halogens is 1. The molecule has 2 rings (SSSR count). The van der Waals surface area contributed by atoms with E-state index in [1.165, 1.54) is 11.8 Å². The molecule has 1 aliphatic rings. The zero-order valence-corrected chi connectivity index (χ0v) is 12.0. The average molecular weight is 296 g/mol. The molecule has 1 aromatic rings. The first-order valence-electron chi connectivity index (χ1n) is 6.79. The van der Waals surface area contributed by atoms with Gasteiger partial charge in [-0.05, 0) is 18.9 Å². The molecule has 1 aliphatic heterocycles. The molecule has 1 fully saturated rings. The van der Waals surface area contributed by atoms with Gasteiger partial charge in [-0.3, -0.25) is 14.9 Å². The van der Waals surface area contributed by atoms with Crippen molar-refractivity contribution in [2.24, 2.45) is 0 Å². The van der Waals surface area contributed by atoms with E-state index in [0.29, 0.717) is 26.2 Å². The molecule has 1 amide bonds. The van der Waals surface area contributed by atoms with Crippen LogP contribution in [0.4, 0.5) is 10.1 Å².